The van der Waals surface area contributed by atoms with Gasteiger partial charge in [-0.3, -0.25) is 14.5 Å². The fourth-order valence-electron chi connectivity index (χ4n) is 1.83. The van der Waals surface area contributed by atoms with Crippen molar-refractivity contribution in [2.75, 3.05) is 7.05 Å². The fourth-order valence-corrected chi connectivity index (χ4v) is 1.83. The van der Waals surface area contributed by atoms with Crippen molar-refractivity contribution in [3.8, 4) is 6.07 Å². The van der Waals surface area contributed by atoms with Crippen LogP contribution in [0.5, 0.6) is 0 Å². The highest BCUT2D eigenvalue weighted by Gasteiger charge is 2.35. The molecule has 0 aromatic carbocycles. The third-order valence-corrected chi connectivity index (χ3v) is 2.92. The van der Waals surface area contributed by atoms with E-state index in [9.17, 15) is 9.59 Å². The number of nitriles is 1. The first-order valence-electron chi connectivity index (χ1n) is 5.51. The molecule has 6 heteroatoms. The molecule has 0 spiro atoms. The molecule has 2 rings (SSSR count). The number of carbonyl (C=O) groups is 2. The molecule has 2 amide bonds. The number of amides is 2. The number of likely N-dealkylation sites (tertiary alicyclic amines) is 1. The van der Waals surface area contributed by atoms with Crippen LogP contribution >= 0.6 is 0 Å². The molecule has 18 heavy (non-hydrogen) atoms. The van der Waals surface area contributed by atoms with Gasteiger partial charge in [-0.25, -0.2) is 4.98 Å². The molecule has 92 valence electrons. The maximum atomic E-state index is 11.7. The Labute approximate surface area is 104 Å². The lowest BCUT2D eigenvalue weighted by Crippen LogP contribution is -2.36. The molecule has 0 aliphatic carbocycles. The van der Waals surface area contributed by atoms with Crippen molar-refractivity contribution < 1.29 is 9.59 Å². The molecule has 1 unspecified atom stereocenters. The minimum absolute atomic E-state index is 0.164. The number of carbonyl (C=O) groups excluding carboxylic acids is 2. The van der Waals surface area contributed by atoms with Crippen LogP contribution in [0, 0.1) is 11.3 Å². The predicted octanol–water partition coefficient (Wildman–Crippen LogP) is -0.200. The molecule has 1 aliphatic rings. The molecule has 1 fully saturated rings. The summed E-state index contributed by atoms with van der Waals surface area (Å²) in [6.45, 7) is 0.342. The normalized spacial score (nSPS) is 19.1. The van der Waals surface area contributed by atoms with Crippen LogP contribution in [-0.2, 0) is 16.1 Å². The number of rotatable bonds is 3. The summed E-state index contributed by atoms with van der Waals surface area (Å²) >= 11 is 0. The first kappa shape index (κ1) is 12.2. The quantitative estimate of drug-likeness (QED) is 0.744. The summed E-state index contributed by atoms with van der Waals surface area (Å²) < 4.78 is 0. The largest absolute Gasteiger partial charge is 0.301 e. The third-order valence-electron chi connectivity index (χ3n) is 2.92. The molecule has 6 nitrogen and oxygen atoms in total. The number of nitrogens with zero attached hydrogens (tertiary/aromatic N) is 3. The van der Waals surface area contributed by atoms with Gasteiger partial charge in [-0.05, 0) is 6.07 Å². The summed E-state index contributed by atoms with van der Waals surface area (Å²) in [5.74, 6) is -0.424. The number of likely N-dealkylation sites (N-methyl/N-ethyl adjacent to an activating group) is 1. The summed E-state index contributed by atoms with van der Waals surface area (Å²) in [5, 5.41) is 11.9. The van der Waals surface area contributed by atoms with E-state index in [2.05, 4.69) is 10.3 Å². The second-order valence-corrected chi connectivity index (χ2v) is 4.05. The molecule has 1 N–H and O–H groups in total. The van der Waals surface area contributed by atoms with Crippen LogP contribution in [-0.4, -0.2) is 34.8 Å². The molecule has 0 radical (unpaired) electrons. The lowest BCUT2D eigenvalue weighted by atomic mass is 10.2. The van der Waals surface area contributed by atoms with Gasteiger partial charge in [0.15, 0.2) is 0 Å². The summed E-state index contributed by atoms with van der Waals surface area (Å²) in [6.07, 6.45) is 1.71. The third kappa shape index (κ3) is 2.21. The Morgan fingerprint density at radius 1 is 1.61 bits per heavy atom. The van der Waals surface area contributed by atoms with Crippen LogP contribution in [0.15, 0.2) is 18.3 Å². The molecule has 1 aromatic rings. The molecule has 1 aliphatic heterocycles. The molecule has 0 saturated carbocycles. The zero-order valence-corrected chi connectivity index (χ0v) is 9.88. The van der Waals surface area contributed by atoms with Gasteiger partial charge >= 0.3 is 0 Å². The topological polar surface area (TPSA) is 86.1 Å². The molecule has 1 aromatic heterocycles. The number of hydrogen-bond acceptors (Lipinski definition) is 5. The SMILES string of the molecule is CN1C(=O)CC(NCc2cccnc2C#N)C1=O. The molecule has 1 saturated heterocycles. The van der Waals surface area contributed by atoms with Gasteiger partial charge in [0, 0.05) is 25.4 Å². The second-order valence-electron chi connectivity index (χ2n) is 4.05. The van der Waals surface area contributed by atoms with Crippen LogP contribution in [0.25, 0.3) is 0 Å². The van der Waals surface area contributed by atoms with Crippen molar-refractivity contribution >= 4 is 11.8 Å². The summed E-state index contributed by atoms with van der Waals surface area (Å²) in [4.78, 5) is 28.0. The Bertz CT molecular complexity index is 535. The first-order chi connectivity index (χ1) is 8.63. The van der Waals surface area contributed by atoms with E-state index in [1.54, 1.807) is 18.3 Å². The first-order valence-corrected chi connectivity index (χ1v) is 5.51. The lowest BCUT2D eigenvalue weighted by Gasteiger charge is -2.11. The van der Waals surface area contributed by atoms with E-state index in [1.165, 1.54) is 7.05 Å². The summed E-state index contributed by atoms with van der Waals surface area (Å²) in [6, 6.07) is 4.98. The van der Waals surface area contributed by atoms with E-state index in [1.807, 2.05) is 6.07 Å². The maximum Gasteiger partial charge on any atom is 0.246 e. The Kier molecular flexibility index (Phi) is 3.35. The molecular weight excluding hydrogens is 232 g/mol. The van der Waals surface area contributed by atoms with Crippen LogP contribution in [0.3, 0.4) is 0 Å². The van der Waals surface area contributed by atoms with Crippen LogP contribution in [0.4, 0.5) is 0 Å². The number of pyridine rings is 1. The second kappa shape index (κ2) is 4.94. The molecule has 0 bridgehead atoms. The molecular formula is C12H12N4O2. The number of aromatic nitrogens is 1. The van der Waals surface area contributed by atoms with Crippen molar-refractivity contribution in [2.45, 2.75) is 19.0 Å². The van der Waals surface area contributed by atoms with Gasteiger partial charge in [-0.15, -0.1) is 0 Å². The van der Waals surface area contributed by atoms with Gasteiger partial charge in [0.05, 0.1) is 12.5 Å². The van der Waals surface area contributed by atoms with Gasteiger partial charge < -0.3 is 5.32 Å². The average molecular weight is 244 g/mol. The van der Waals surface area contributed by atoms with E-state index in [-0.39, 0.29) is 18.2 Å². The van der Waals surface area contributed by atoms with Gasteiger partial charge in [0.2, 0.25) is 11.8 Å². The van der Waals surface area contributed by atoms with Gasteiger partial charge in [-0.1, -0.05) is 6.07 Å². The summed E-state index contributed by atoms with van der Waals surface area (Å²) in [5.41, 5.74) is 1.05. The van der Waals surface area contributed by atoms with Crippen molar-refractivity contribution in [3.63, 3.8) is 0 Å². The zero-order valence-electron chi connectivity index (χ0n) is 9.88. The highest BCUT2D eigenvalue weighted by Crippen LogP contribution is 2.12. The lowest BCUT2D eigenvalue weighted by molar-refractivity contribution is -0.137. The minimum atomic E-state index is -0.505. The van der Waals surface area contributed by atoms with Crippen molar-refractivity contribution in [1.29, 1.82) is 5.26 Å². The number of nitrogens with one attached hydrogen (secondary N) is 1. The number of imide groups is 1. The van der Waals surface area contributed by atoms with Gasteiger partial charge in [-0.2, -0.15) is 5.26 Å². The van der Waals surface area contributed by atoms with Crippen LogP contribution in [0.1, 0.15) is 17.7 Å². The Hall–Kier alpha value is -2.26. The van der Waals surface area contributed by atoms with Gasteiger partial charge in [0.1, 0.15) is 11.8 Å². The van der Waals surface area contributed by atoms with Crippen LogP contribution < -0.4 is 5.32 Å². The fraction of sp³-hybridized carbons (Fsp3) is 0.333. The van der Waals surface area contributed by atoms with Crippen molar-refractivity contribution in [2.24, 2.45) is 0 Å². The smallest absolute Gasteiger partial charge is 0.246 e. The molecule has 2 heterocycles. The Morgan fingerprint density at radius 3 is 3.00 bits per heavy atom. The van der Waals surface area contributed by atoms with E-state index in [0.29, 0.717) is 12.2 Å². The van der Waals surface area contributed by atoms with Crippen molar-refractivity contribution in [1.82, 2.24) is 15.2 Å². The summed E-state index contributed by atoms with van der Waals surface area (Å²) in [7, 11) is 1.47. The standard InChI is InChI=1S/C12H12N4O2/c1-16-11(17)5-9(12(16)18)15-7-8-3-2-4-14-10(8)6-13/h2-4,9,15H,5,7H2,1H3. The number of hydrogen-bond donors (Lipinski definition) is 1. The van der Waals surface area contributed by atoms with Crippen molar-refractivity contribution in [3.05, 3.63) is 29.6 Å². The highest BCUT2D eigenvalue weighted by molar-refractivity contribution is 6.05. The molecule has 1 atom stereocenters. The van der Waals surface area contributed by atoms with E-state index in [4.69, 9.17) is 5.26 Å². The monoisotopic (exact) mass is 244 g/mol. The highest BCUT2D eigenvalue weighted by atomic mass is 16.2. The van der Waals surface area contributed by atoms with E-state index < -0.39 is 6.04 Å². The van der Waals surface area contributed by atoms with E-state index in [0.717, 1.165) is 10.5 Å². The Balaban J connectivity index is 2.03. The zero-order chi connectivity index (χ0) is 13.1. The maximum absolute atomic E-state index is 11.7. The van der Waals surface area contributed by atoms with Crippen LogP contribution in [0.2, 0.25) is 0 Å². The predicted molar refractivity (Wildman–Crippen MR) is 62.0 cm³/mol. The average Bonchev–Trinajstić information content (AvgIpc) is 2.64. The van der Waals surface area contributed by atoms with Gasteiger partial charge in [0.25, 0.3) is 0 Å². The van der Waals surface area contributed by atoms with E-state index >= 15 is 0 Å². The minimum Gasteiger partial charge on any atom is -0.301 e. The Morgan fingerprint density at radius 2 is 2.39 bits per heavy atom.